The van der Waals surface area contributed by atoms with Crippen LogP contribution in [0.1, 0.15) is 65.0 Å². The van der Waals surface area contributed by atoms with Crippen molar-refractivity contribution < 1.29 is 38.0 Å². The van der Waals surface area contributed by atoms with Gasteiger partial charge in [-0.3, -0.25) is 0 Å². The van der Waals surface area contributed by atoms with Gasteiger partial charge in [-0.05, 0) is 77.9 Å². The first-order chi connectivity index (χ1) is 22.6. The molecule has 1 fully saturated rings. The number of benzene rings is 4. The lowest BCUT2D eigenvalue weighted by molar-refractivity contribution is -0.169. The van der Waals surface area contributed by atoms with Crippen molar-refractivity contribution in [2.75, 3.05) is 46.2 Å². The van der Waals surface area contributed by atoms with Crippen molar-refractivity contribution in [2.24, 2.45) is 0 Å². The van der Waals surface area contributed by atoms with E-state index in [1.54, 1.807) is 13.0 Å². The highest BCUT2D eigenvalue weighted by Crippen LogP contribution is 2.26. The van der Waals surface area contributed by atoms with Crippen LogP contribution >= 0.6 is 15.9 Å². The zero-order chi connectivity index (χ0) is 32.6. The van der Waals surface area contributed by atoms with E-state index in [9.17, 15) is 9.59 Å². The van der Waals surface area contributed by atoms with E-state index in [1.165, 1.54) is 5.56 Å². The zero-order valence-electron chi connectivity index (χ0n) is 26.6. The Morgan fingerprint density at radius 1 is 0.696 bits per heavy atom. The predicted octanol–water partition coefficient (Wildman–Crippen LogP) is 8.00. The number of esters is 2. The summed E-state index contributed by atoms with van der Waals surface area (Å²) >= 11 is 3.45. The first-order valence-electron chi connectivity index (χ1n) is 15.9. The molecule has 1 atom stereocenters. The molecule has 0 radical (unpaired) electrons. The number of rotatable bonds is 14. The van der Waals surface area contributed by atoms with Gasteiger partial charge in [-0.25, -0.2) is 9.59 Å². The number of halogens is 1. The lowest BCUT2D eigenvalue weighted by atomic mass is 10.00. The molecule has 0 N–H and O–H groups in total. The molecule has 4 aromatic carbocycles. The van der Waals surface area contributed by atoms with Gasteiger partial charge in [0.2, 0.25) is 0 Å². The summed E-state index contributed by atoms with van der Waals surface area (Å²) in [6.07, 6.45) is 3.17. The smallest absolute Gasteiger partial charge is 0.338 e. The van der Waals surface area contributed by atoms with Crippen LogP contribution in [-0.4, -0.2) is 64.5 Å². The lowest BCUT2D eigenvalue weighted by Crippen LogP contribution is -2.24. The Morgan fingerprint density at radius 3 is 1.80 bits per heavy atom. The quantitative estimate of drug-likeness (QED) is 0.0745. The lowest BCUT2D eigenvalue weighted by Gasteiger charge is -2.22. The molecular formula is C37H43BrO8. The number of fused-ring (bicyclic) bond motifs is 2. The molecule has 1 heterocycles. The molecule has 1 aliphatic heterocycles. The van der Waals surface area contributed by atoms with Crippen molar-refractivity contribution in [2.45, 2.75) is 51.3 Å². The molecule has 46 heavy (non-hydrogen) atoms. The highest BCUT2D eigenvalue weighted by molar-refractivity contribution is 9.08. The number of hydrogen-bond donors (Lipinski definition) is 0. The van der Waals surface area contributed by atoms with Crippen LogP contribution < -0.4 is 0 Å². The Morgan fingerprint density at radius 2 is 1.24 bits per heavy atom. The molecular weight excluding hydrogens is 652 g/mol. The summed E-state index contributed by atoms with van der Waals surface area (Å²) < 4.78 is 32.7. The Balaban J connectivity index is 0.000000240. The second kappa shape index (κ2) is 19.4. The number of carbonyl (C=O) groups excluding carboxylic acids is 2. The van der Waals surface area contributed by atoms with Crippen LogP contribution in [-0.2, 0) is 40.4 Å². The van der Waals surface area contributed by atoms with Crippen LogP contribution in [0, 0.1) is 0 Å². The minimum absolute atomic E-state index is 0.0746. The third-order valence-electron chi connectivity index (χ3n) is 7.46. The summed E-state index contributed by atoms with van der Waals surface area (Å²) in [6, 6.07) is 23.2. The van der Waals surface area contributed by atoms with Gasteiger partial charge in [-0.1, -0.05) is 76.6 Å². The fraction of sp³-hybridized carbons (Fsp3) is 0.405. The van der Waals surface area contributed by atoms with Gasteiger partial charge >= 0.3 is 11.9 Å². The second-order valence-corrected chi connectivity index (χ2v) is 11.1. The first kappa shape index (κ1) is 35.5. The molecule has 1 saturated heterocycles. The normalized spacial score (nSPS) is 14.5. The highest BCUT2D eigenvalue weighted by Gasteiger charge is 2.15. The van der Waals surface area contributed by atoms with Crippen molar-refractivity contribution >= 4 is 49.4 Å². The molecule has 5 rings (SSSR count). The SMILES string of the molecule is CCOC(=O)c1ccc(CBr)c2ccccc12.CCOC(=O)c1ccc(COCCOCCOC2CCCCO2)c2ccccc12. The van der Waals surface area contributed by atoms with Crippen molar-refractivity contribution in [3.05, 3.63) is 95.1 Å². The van der Waals surface area contributed by atoms with Gasteiger partial charge in [0, 0.05) is 11.9 Å². The summed E-state index contributed by atoms with van der Waals surface area (Å²) in [6.45, 7) is 7.68. The van der Waals surface area contributed by atoms with Gasteiger partial charge in [0.15, 0.2) is 6.29 Å². The van der Waals surface area contributed by atoms with Crippen LogP contribution in [0.5, 0.6) is 0 Å². The molecule has 4 aromatic rings. The molecule has 0 bridgehead atoms. The fourth-order valence-corrected chi connectivity index (χ4v) is 5.71. The highest BCUT2D eigenvalue weighted by atomic mass is 79.9. The summed E-state index contributed by atoms with van der Waals surface area (Å²) in [4.78, 5) is 24.0. The van der Waals surface area contributed by atoms with Gasteiger partial charge in [0.1, 0.15) is 0 Å². The standard InChI is InChI=1S/C23H30O6.C14H13BrO2/c1-2-27-23(24)21-11-10-18(19-7-3-4-8-20(19)21)17-26-14-13-25-15-16-29-22-9-5-6-12-28-22;1-2-17-14(16)13-8-7-10(9-15)11-5-3-4-6-12(11)13/h3-4,7-8,10-11,22H,2,5-6,9,12-17H2,1H3;3-8H,2,9H2,1H3. The van der Waals surface area contributed by atoms with Gasteiger partial charge < -0.3 is 28.4 Å². The summed E-state index contributed by atoms with van der Waals surface area (Å²) in [5, 5.41) is 4.69. The maximum atomic E-state index is 12.2. The monoisotopic (exact) mass is 694 g/mol. The second-order valence-electron chi connectivity index (χ2n) is 10.5. The van der Waals surface area contributed by atoms with E-state index in [1.807, 2.05) is 73.7 Å². The van der Waals surface area contributed by atoms with Crippen LogP contribution in [0.25, 0.3) is 21.5 Å². The van der Waals surface area contributed by atoms with Crippen molar-refractivity contribution in [1.82, 2.24) is 0 Å². The molecule has 0 amide bonds. The predicted molar refractivity (Wildman–Crippen MR) is 182 cm³/mol. The van der Waals surface area contributed by atoms with Gasteiger partial charge in [-0.15, -0.1) is 0 Å². The molecule has 1 aliphatic rings. The molecule has 0 spiro atoms. The Labute approximate surface area is 279 Å². The number of carbonyl (C=O) groups is 2. The Kier molecular flexibility index (Phi) is 14.9. The molecule has 246 valence electrons. The number of alkyl halides is 1. The van der Waals surface area contributed by atoms with Gasteiger partial charge in [-0.2, -0.15) is 0 Å². The largest absolute Gasteiger partial charge is 0.462 e. The number of ether oxygens (including phenoxy) is 6. The Bertz CT molecular complexity index is 1550. The third kappa shape index (κ3) is 10.1. The maximum absolute atomic E-state index is 12.2. The molecule has 0 aromatic heterocycles. The minimum Gasteiger partial charge on any atom is -0.462 e. The number of hydrogen-bond acceptors (Lipinski definition) is 8. The van der Waals surface area contributed by atoms with E-state index in [4.69, 9.17) is 28.4 Å². The van der Waals surface area contributed by atoms with Crippen molar-refractivity contribution in [3.63, 3.8) is 0 Å². The fourth-order valence-electron chi connectivity index (χ4n) is 5.22. The molecule has 8 nitrogen and oxygen atoms in total. The van der Waals surface area contributed by atoms with E-state index in [0.29, 0.717) is 57.4 Å². The first-order valence-corrected chi connectivity index (χ1v) is 17.0. The molecule has 9 heteroatoms. The summed E-state index contributed by atoms with van der Waals surface area (Å²) in [7, 11) is 0. The minimum atomic E-state index is -0.301. The average molecular weight is 696 g/mol. The van der Waals surface area contributed by atoms with Crippen LogP contribution in [0.2, 0.25) is 0 Å². The van der Waals surface area contributed by atoms with Crippen LogP contribution in [0.15, 0.2) is 72.8 Å². The van der Waals surface area contributed by atoms with E-state index >= 15 is 0 Å². The summed E-state index contributed by atoms with van der Waals surface area (Å²) in [5.41, 5.74) is 3.42. The summed E-state index contributed by atoms with van der Waals surface area (Å²) in [5.74, 6) is -0.560. The van der Waals surface area contributed by atoms with Gasteiger partial charge in [0.25, 0.3) is 0 Å². The van der Waals surface area contributed by atoms with Crippen LogP contribution in [0.4, 0.5) is 0 Å². The van der Waals surface area contributed by atoms with Crippen molar-refractivity contribution in [1.29, 1.82) is 0 Å². The van der Waals surface area contributed by atoms with E-state index < -0.39 is 0 Å². The Hall–Kier alpha value is -3.34. The van der Waals surface area contributed by atoms with E-state index in [0.717, 1.165) is 58.3 Å². The van der Waals surface area contributed by atoms with Crippen molar-refractivity contribution in [3.8, 4) is 0 Å². The maximum Gasteiger partial charge on any atom is 0.338 e. The molecule has 0 saturated carbocycles. The molecule has 1 unspecified atom stereocenters. The van der Waals surface area contributed by atoms with Crippen LogP contribution in [0.3, 0.4) is 0 Å². The average Bonchev–Trinajstić information content (AvgIpc) is 3.09. The third-order valence-corrected chi connectivity index (χ3v) is 8.07. The van der Waals surface area contributed by atoms with E-state index in [2.05, 4.69) is 15.9 Å². The zero-order valence-corrected chi connectivity index (χ0v) is 28.2. The topological polar surface area (TPSA) is 89.5 Å². The van der Waals surface area contributed by atoms with E-state index in [-0.39, 0.29) is 18.2 Å². The molecule has 0 aliphatic carbocycles. The van der Waals surface area contributed by atoms with Gasteiger partial charge in [0.05, 0.1) is 57.4 Å².